The summed E-state index contributed by atoms with van der Waals surface area (Å²) in [6.07, 6.45) is 0. The van der Waals surface area contributed by atoms with Crippen molar-refractivity contribution in [2.75, 3.05) is 13.7 Å². The number of hydrogen-bond acceptors (Lipinski definition) is 5. The fraction of sp³-hybridized carbons (Fsp3) is 0.130. The summed E-state index contributed by atoms with van der Waals surface area (Å²) in [5.41, 5.74) is 1.47. The van der Waals surface area contributed by atoms with Crippen LogP contribution in [-0.4, -0.2) is 18.8 Å². The Balaban J connectivity index is 2.06. The Morgan fingerprint density at radius 2 is 1.41 bits per heavy atom. The predicted octanol–water partition coefficient (Wildman–Crippen LogP) is 6.65. The molecule has 0 aliphatic heterocycles. The second-order valence-corrected chi connectivity index (χ2v) is 9.52. The van der Waals surface area contributed by atoms with Gasteiger partial charge in [-0.05, 0) is 40.6 Å². The highest BCUT2D eigenvalue weighted by molar-refractivity contribution is 8.07. The molecule has 0 saturated carbocycles. The van der Waals surface area contributed by atoms with Crippen LogP contribution in [0.2, 0.25) is 0 Å². The zero-order valence-corrected chi connectivity index (χ0v) is 17.9. The van der Waals surface area contributed by atoms with E-state index in [0.29, 0.717) is 17.9 Å². The molecule has 0 spiro atoms. The summed E-state index contributed by atoms with van der Waals surface area (Å²) < 4.78 is 17.2. The van der Waals surface area contributed by atoms with Crippen LogP contribution >= 0.6 is 6.72 Å². The van der Waals surface area contributed by atoms with E-state index in [1.807, 2.05) is 73.7 Å². The molecule has 6 heteroatoms. The van der Waals surface area contributed by atoms with Gasteiger partial charge in [-0.1, -0.05) is 60.7 Å². The lowest BCUT2D eigenvalue weighted by molar-refractivity contribution is 0.242. The molecule has 4 nitrogen and oxygen atoms in total. The molecule has 0 amide bonds. The van der Waals surface area contributed by atoms with Crippen LogP contribution in [0.1, 0.15) is 6.92 Å². The van der Waals surface area contributed by atoms with Gasteiger partial charge >= 0.3 is 6.72 Å². The first kappa shape index (κ1) is 19.9. The number of phenols is 1. The summed E-state index contributed by atoms with van der Waals surface area (Å²) >= 11 is 5.53. The van der Waals surface area contributed by atoms with Crippen LogP contribution in [0.15, 0.2) is 72.8 Å². The average Bonchev–Trinajstić information content (AvgIpc) is 2.74. The van der Waals surface area contributed by atoms with Crippen LogP contribution in [0.4, 0.5) is 0 Å². The fourth-order valence-corrected chi connectivity index (χ4v) is 5.00. The van der Waals surface area contributed by atoms with Gasteiger partial charge < -0.3 is 14.2 Å². The molecule has 0 saturated heterocycles. The van der Waals surface area contributed by atoms with Gasteiger partial charge in [-0.3, -0.25) is 4.52 Å². The standard InChI is InChI=1S/C23H21O4PS/c1-3-26-28(29,25-2)27-21-15-13-17-9-5-7-11-19(17)23(21)22-18-10-6-4-8-16(18)12-14-20(22)24/h4-15,24H,3H2,1-2H3/t28-/m1/s1. The Hall–Kier alpha value is -2.43. The summed E-state index contributed by atoms with van der Waals surface area (Å²) in [5, 5.41) is 14.8. The van der Waals surface area contributed by atoms with Crippen LogP contribution in [0.25, 0.3) is 32.7 Å². The molecule has 4 aromatic rings. The number of hydrogen-bond donors (Lipinski definition) is 1. The molecular weight excluding hydrogens is 403 g/mol. The third-order valence-electron chi connectivity index (χ3n) is 4.77. The minimum atomic E-state index is -2.97. The van der Waals surface area contributed by atoms with E-state index in [2.05, 4.69) is 0 Å². The maximum Gasteiger partial charge on any atom is 0.380 e. The van der Waals surface area contributed by atoms with E-state index in [0.717, 1.165) is 27.1 Å². The fourth-order valence-electron chi connectivity index (χ4n) is 3.50. The molecule has 148 valence electrons. The molecule has 4 aromatic carbocycles. The molecule has 0 aliphatic carbocycles. The van der Waals surface area contributed by atoms with Crippen molar-refractivity contribution in [3.8, 4) is 22.6 Å². The van der Waals surface area contributed by atoms with Crippen molar-refractivity contribution in [1.82, 2.24) is 0 Å². The minimum absolute atomic E-state index is 0.173. The molecule has 4 rings (SSSR count). The first-order valence-electron chi connectivity index (χ1n) is 9.29. The summed E-state index contributed by atoms with van der Waals surface area (Å²) in [4.78, 5) is 0. The van der Waals surface area contributed by atoms with Gasteiger partial charge in [-0.15, -0.1) is 0 Å². The third-order valence-corrected chi connectivity index (χ3v) is 7.20. The van der Waals surface area contributed by atoms with Gasteiger partial charge in [-0.25, -0.2) is 0 Å². The Kier molecular flexibility index (Phi) is 5.57. The van der Waals surface area contributed by atoms with Crippen molar-refractivity contribution < 1.29 is 18.7 Å². The Morgan fingerprint density at radius 3 is 2.03 bits per heavy atom. The molecule has 0 bridgehead atoms. The van der Waals surface area contributed by atoms with Crippen LogP contribution < -0.4 is 4.52 Å². The monoisotopic (exact) mass is 424 g/mol. The largest absolute Gasteiger partial charge is 0.507 e. The quantitative estimate of drug-likeness (QED) is 0.351. The third kappa shape index (κ3) is 3.75. The van der Waals surface area contributed by atoms with Gasteiger partial charge in [0.15, 0.2) is 0 Å². The van der Waals surface area contributed by atoms with Gasteiger partial charge in [-0.2, -0.15) is 0 Å². The lowest BCUT2D eigenvalue weighted by Crippen LogP contribution is -2.01. The highest BCUT2D eigenvalue weighted by Gasteiger charge is 2.25. The van der Waals surface area contributed by atoms with Gasteiger partial charge in [0.2, 0.25) is 0 Å². The van der Waals surface area contributed by atoms with Crippen LogP contribution in [0.5, 0.6) is 11.5 Å². The zero-order valence-electron chi connectivity index (χ0n) is 16.2. The van der Waals surface area contributed by atoms with Gasteiger partial charge in [0.25, 0.3) is 0 Å². The SMILES string of the molecule is CCO[P@](=S)(OC)Oc1ccc2ccccc2c1-c1c(O)ccc2ccccc12. The van der Waals surface area contributed by atoms with Crippen LogP contribution in [-0.2, 0) is 20.9 Å². The van der Waals surface area contributed by atoms with E-state index < -0.39 is 6.72 Å². The highest BCUT2D eigenvalue weighted by Crippen LogP contribution is 2.53. The summed E-state index contributed by atoms with van der Waals surface area (Å²) in [6, 6.07) is 23.4. The molecule has 0 aliphatic rings. The maximum atomic E-state index is 10.9. The van der Waals surface area contributed by atoms with Crippen LogP contribution in [0.3, 0.4) is 0 Å². The number of aromatic hydroxyl groups is 1. The number of phenolic OH excluding ortho intramolecular Hbond substituents is 1. The number of rotatable bonds is 6. The first-order valence-corrected chi connectivity index (χ1v) is 11.8. The van der Waals surface area contributed by atoms with E-state index in [1.54, 1.807) is 6.07 Å². The lowest BCUT2D eigenvalue weighted by atomic mass is 9.92. The van der Waals surface area contributed by atoms with Crippen molar-refractivity contribution >= 4 is 40.1 Å². The summed E-state index contributed by atoms with van der Waals surface area (Å²) in [5.74, 6) is 0.695. The second-order valence-electron chi connectivity index (χ2n) is 6.48. The van der Waals surface area contributed by atoms with Crippen molar-refractivity contribution in [3.63, 3.8) is 0 Å². The zero-order chi connectivity index (χ0) is 20.4. The van der Waals surface area contributed by atoms with Gasteiger partial charge in [0, 0.05) is 30.0 Å². The van der Waals surface area contributed by atoms with E-state index in [9.17, 15) is 5.11 Å². The molecule has 0 aromatic heterocycles. The van der Waals surface area contributed by atoms with Gasteiger partial charge in [0.1, 0.15) is 11.5 Å². The summed E-state index contributed by atoms with van der Waals surface area (Å²) in [7, 11) is 1.49. The van der Waals surface area contributed by atoms with E-state index in [-0.39, 0.29) is 5.75 Å². The van der Waals surface area contributed by atoms with Crippen molar-refractivity contribution in [3.05, 3.63) is 72.8 Å². The highest BCUT2D eigenvalue weighted by atomic mass is 32.5. The normalized spacial score (nSPS) is 13.4. The maximum absolute atomic E-state index is 10.9. The van der Waals surface area contributed by atoms with Crippen LogP contribution in [0, 0.1) is 0 Å². The van der Waals surface area contributed by atoms with E-state index in [4.69, 9.17) is 25.4 Å². The van der Waals surface area contributed by atoms with E-state index >= 15 is 0 Å². The molecule has 1 atom stereocenters. The summed E-state index contributed by atoms with van der Waals surface area (Å²) in [6.45, 7) is -0.740. The topological polar surface area (TPSA) is 47.9 Å². The van der Waals surface area contributed by atoms with Crippen molar-refractivity contribution in [2.24, 2.45) is 0 Å². The number of benzene rings is 4. The molecule has 0 radical (unpaired) electrons. The molecule has 29 heavy (non-hydrogen) atoms. The predicted molar refractivity (Wildman–Crippen MR) is 122 cm³/mol. The number of fused-ring (bicyclic) bond motifs is 2. The second kappa shape index (κ2) is 8.13. The molecule has 1 N–H and O–H groups in total. The first-order chi connectivity index (χ1) is 14.1. The van der Waals surface area contributed by atoms with Crippen molar-refractivity contribution in [1.29, 1.82) is 0 Å². The Bertz CT molecular complexity index is 1240. The average molecular weight is 424 g/mol. The molecule has 0 unspecified atom stereocenters. The van der Waals surface area contributed by atoms with E-state index in [1.165, 1.54) is 7.11 Å². The van der Waals surface area contributed by atoms with Crippen molar-refractivity contribution in [2.45, 2.75) is 6.92 Å². The lowest BCUT2D eigenvalue weighted by Gasteiger charge is -2.23. The molecule has 0 heterocycles. The molecule has 0 fully saturated rings. The molecular formula is C23H21O4PS. The smallest absolute Gasteiger partial charge is 0.380 e. The Labute approximate surface area is 174 Å². The van der Waals surface area contributed by atoms with Gasteiger partial charge in [0.05, 0.1) is 6.61 Å². The minimum Gasteiger partial charge on any atom is -0.507 e. The Morgan fingerprint density at radius 1 is 0.828 bits per heavy atom.